The molecule has 0 spiro atoms. The van der Waals surface area contributed by atoms with Gasteiger partial charge in [0.1, 0.15) is 11.6 Å². The Balaban J connectivity index is 2.05. The Morgan fingerprint density at radius 2 is 2.15 bits per heavy atom. The first kappa shape index (κ1) is 15.4. The van der Waals surface area contributed by atoms with Gasteiger partial charge in [-0.25, -0.2) is 8.78 Å². The lowest BCUT2D eigenvalue weighted by molar-refractivity contribution is -0.134. The SMILES string of the molecule is C[C@@H]1CN(C[C@@H](O)c2ccc(F)cc2F)CC(C)(C)O1. The van der Waals surface area contributed by atoms with E-state index in [4.69, 9.17) is 4.74 Å². The van der Waals surface area contributed by atoms with E-state index < -0.39 is 17.7 Å². The van der Waals surface area contributed by atoms with Crippen molar-refractivity contribution in [3.8, 4) is 0 Å². The Bertz CT molecular complexity index is 479. The molecule has 1 aliphatic heterocycles. The largest absolute Gasteiger partial charge is 0.387 e. The summed E-state index contributed by atoms with van der Waals surface area (Å²) in [4.78, 5) is 2.04. The highest BCUT2D eigenvalue weighted by Crippen LogP contribution is 2.24. The summed E-state index contributed by atoms with van der Waals surface area (Å²) >= 11 is 0. The van der Waals surface area contributed by atoms with Crippen molar-refractivity contribution in [2.75, 3.05) is 19.6 Å². The highest BCUT2D eigenvalue weighted by atomic mass is 19.1. The molecule has 1 N–H and O–H groups in total. The van der Waals surface area contributed by atoms with E-state index in [9.17, 15) is 13.9 Å². The Hall–Kier alpha value is -1.04. The van der Waals surface area contributed by atoms with Crippen molar-refractivity contribution in [3.63, 3.8) is 0 Å². The molecule has 1 heterocycles. The van der Waals surface area contributed by atoms with Gasteiger partial charge >= 0.3 is 0 Å². The van der Waals surface area contributed by atoms with Crippen LogP contribution in [-0.4, -0.2) is 41.3 Å². The van der Waals surface area contributed by atoms with Crippen LogP contribution in [0, 0.1) is 11.6 Å². The van der Waals surface area contributed by atoms with Crippen molar-refractivity contribution in [2.24, 2.45) is 0 Å². The first-order chi connectivity index (χ1) is 9.27. The van der Waals surface area contributed by atoms with E-state index in [-0.39, 0.29) is 17.3 Å². The van der Waals surface area contributed by atoms with Crippen molar-refractivity contribution in [3.05, 3.63) is 35.4 Å². The standard InChI is InChI=1S/C15H21F2NO2/c1-10-7-18(9-15(2,3)20-10)8-14(19)12-5-4-11(16)6-13(12)17/h4-6,10,14,19H,7-9H2,1-3H3/t10-,14-/m1/s1. The maximum Gasteiger partial charge on any atom is 0.131 e. The lowest BCUT2D eigenvalue weighted by Crippen LogP contribution is -2.52. The zero-order valence-electron chi connectivity index (χ0n) is 12.1. The molecular weight excluding hydrogens is 264 g/mol. The summed E-state index contributed by atoms with van der Waals surface area (Å²) in [6.45, 7) is 7.60. The molecule has 0 amide bonds. The summed E-state index contributed by atoms with van der Waals surface area (Å²) in [6, 6.07) is 3.25. The molecule has 2 atom stereocenters. The van der Waals surface area contributed by atoms with Crippen molar-refractivity contribution in [1.82, 2.24) is 4.90 Å². The lowest BCUT2D eigenvalue weighted by atomic mass is 10.0. The topological polar surface area (TPSA) is 32.7 Å². The third-order valence-electron chi connectivity index (χ3n) is 3.39. The van der Waals surface area contributed by atoms with E-state index >= 15 is 0 Å². The Kier molecular flexibility index (Phi) is 4.42. The Morgan fingerprint density at radius 3 is 2.75 bits per heavy atom. The summed E-state index contributed by atoms with van der Waals surface area (Å²) in [5.74, 6) is -1.35. The second-order valence-electron chi connectivity index (χ2n) is 6.06. The molecule has 5 heteroatoms. The second-order valence-corrected chi connectivity index (χ2v) is 6.06. The van der Waals surface area contributed by atoms with Crippen LogP contribution >= 0.6 is 0 Å². The number of halogens is 2. The van der Waals surface area contributed by atoms with Crippen molar-refractivity contribution < 1.29 is 18.6 Å². The number of hydrogen-bond donors (Lipinski definition) is 1. The molecule has 0 saturated carbocycles. The minimum Gasteiger partial charge on any atom is -0.387 e. The maximum atomic E-state index is 13.6. The van der Waals surface area contributed by atoms with Crippen molar-refractivity contribution >= 4 is 0 Å². The van der Waals surface area contributed by atoms with Crippen LogP contribution < -0.4 is 0 Å². The average Bonchev–Trinajstić information content (AvgIpc) is 2.25. The molecule has 1 saturated heterocycles. The molecule has 20 heavy (non-hydrogen) atoms. The van der Waals surface area contributed by atoms with E-state index in [2.05, 4.69) is 0 Å². The van der Waals surface area contributed by atoms with E-state index in [1.165, 1.54) is 6.07 Å². The van der Waals surface area contributed by atoms with Gasteiger partial charge in [0, 0.05) is 31.3 Å². The number of rotatable bonds is 3. The molecule has 1 aromatic rings. The first-order valence-electron chi connectivity index (χ1n) is 6.80. The molecule has 0 aliphatic carbocycles. The van der Waals surface area contributed by atoms with Gasteiger partial charge in [-0.15, -0.1) is 0 Å². The first-order valence-corrected chi connectivity index (χ1v) is 6.80. The van der Waals surface area contributed by atoms with Crippen LogP contribution in [0.25, 0.3) is 0 Å². The predicted octanol–water partition coefficient (Wildman–Crippen LogP) is 2.50. The Labute approximate surface area is 118 Å². The lowest BCUT2D eigenvalue weighted by Gasteiger charge is -2.42. The maximum absolute atomic E-state index is 13.6. The van der Waals surface area contributed by atoms with Crippen LogP contribution in [0.1, 0.15) is 32.4 Å². The number of benzene rings is 1. The van der Waals surface area contributed by atoms with E-state index in [0.717, 1.165) is 12.1 Å². The van der Waals surface area contributed by atoms with E-state index in [1.54, 1.807) is 0 Å². The van der Waals surface area contributed by atoms with Crippen LogP contribution in [0.5, 0.6) is 0 Å². The number of ether oxygens (including phenoxy) is 1. The van der Waals surface area contributed by atoms with Crippen LogP contribution in [0.15, 0.2) is 18.2 Å². The number of aliphatic hydroxyl groups excluding tert-OH is 1. The summed E-state index contributed by atoms with van der Waals surface area (Å²) in [6.07, 6.45) is -0.916. The molecule has 112 valence electrons. The van der Waals surface area contributed by atoms with Gasteiger partial charge in [0.05, 0.1) is 17.8 Å². The number of morpholine rings is 1. The third kappa shape index (κ3) is 3.75. The fraction of sp³-hybridized carbons (Fsp3) is 0.600. The fourth-order valence-electron chi connectivity index (χ4n) is 2.84. The van der Waals surface area contributed by atoms with Gasteiger partial charge < -0.3 is 9.84 Å². The molecular formula is C15H21F2NO2. The predicted molar refractivity (Wildman–Crippen MR) is 72.4 cm³/mol. The van der Waals surface area contributed by atoms with E-state index in [1.807, 2.05) is 25.7 Å². The molecule has 0 unspecified atom stereocenters. The molecule has 0 radical (unpaired) electrons. The van der Waals surface area contributed by atoms with Crippen LogP contribution in [0.3, 0.4) is 0 Å². The van der Waals surface area contributed by atoms with E-state index in [0.29, 0.717) is 19.6 Å². The van der Waals surface area contributed by atoms with Gasteiger partial charge in [-0.2, -0.15) is 0 Å². The Morgan fingerprint density at radius 1 is 1.45 bits per heavy atom. The quantitative estimate of drug-likeness (QED) is 0.926. The third-order valence-corrected chi connectivity index (χ3v) is 3.39. The zero-order valence-corrected chi connectivity index (χ0v) is 12.1. The van der Waals surface area contributed by atoms with Crippen molar-refractivity contribution in [2.45, 2.75) is 38.6 Å². The van der Waals surface area contributed by atoms with Gasteiger partial charge in [0.15, 0.2) is 0 Å². The molecule has 0 aromatic heterocycles. The summed E-state index contributed by atoms with van der Waals surface area (Å²) in [7, 11) is 0. The van der Waals surface area contributed by atoms with Gasteiger partial charge in [0.25, 0.3) is 0 Å². The number of nitrogens with zero attached hydrogens (tertiary/aromatic N) is 1. The minimum absolute atomic E-state index is 0.0593. The molecule has 1 fully saturated rings. The second kappa shape index (κ2) is 5.76. The smallest absolute Gasteiger partial charge is 0.131 e. The van der Waals surface area contributed by atoms with Crippen LogP contribution in [0.4, 0.5) is 8.78 Å². The molecule has 3 nitrogen and oxygen atoms in total. The van der Waals surface area contributed by atoms with Gasteiger partial charge in [-0.05, 0) is 26.8 Å². The normalized spacial score (nSPS) is 24.6. The highest BCUT2D eigenvalue weighted by Gasteiger charge is 2.32. The number of aliphatic hydroxyl groups is 1. The van der Waals surface area contributed by atoms with Crippen LogP contribution in [-0.2, 0) is 4.74 Å². The minimum atomic E-state index is -0.975. The van der Waals surface area contributed by atoms with Gasteiger partial charge in [-0.1, -0.05) is 6.07 Å². The summed E-state index contributed by atoms with van der Waals surface area (Å²) in [5.41, 5.74) is -0.165. The molecule has 1 aliphatic rings. The zero-order chi connectivity index (χ0) is 14.9. The summed E-state index contributed by atoms with van der Waals surface area (Å²) < 4.78 is 32.3. The monoisotopic (exact) mass is 285 g/mol. The number of hydrogen-bond acceptors (Lipinski definition) is 3. The molecule has 2 rings (SSSR count). The van der Waals surface area contributed by atoms with Gasteiger partial charge in [0.2, 0.25) is 0 Å². The van der Waals surface area contributed by atoms with Crippen molar-refractivity contribution in [1.29, 1.82) is 0 Å². The molecule has 1 aromatic carbocycles. The fourth-order valence-corrected chi connectivity index (χ4v) is 2.84. The van der Waals surface area contributed by atoms with Gasteiger partial charge in [-0.3, -0.25) is 4.90 Å². The van der Waals surface area contributed by atoms with Crippen LogP contribution in [0.2, 0.25) is 0 Å². The highest BCUT2D eigenvalue weighted by molar-refractivity contribution is 5.21. The average molecular weight is 285 g/mol. The summed E-state index contributed by atoms with van der Waals surface area (Å²) in [5, 5.41) is 10.2. The molecule has 0 bridgehead atoms. The number of β-amino-alcohol motifs (C(OH)–C–C–N with tert-alkyl or cyclic N) is 1.